The number of methoxy groups -OCH3 is 3. The van der Waals surface area contributed by atoms with Crippen molar-refractivity contribution in [2.24, 2.45) is 0 Å². The van der Waals surface area contributed by atoms with Crippen LogP contribution in [0, 0.1) is 0 Å². The predicted molar refractivity (Wildman–Crippen MR) is 86.0 cm³/mol. The summed E-state index contributed by atoms with van der Waals surface area (Å²) in [5.41, 5.74) is 8.23. The van der Waals surface area contributed by atoms with E-state index in [9.17, 15) is 5.11 Å². The summed E-state index contributed by atoms with van der Waals surface area (Å²) in [6, 6.07) is 9.13. The van der Waals surface area contributed by atoms with Crippen molar-refractivity contribution in [1.29, 1.82) is 0 Å². The summed E-state index contributed by atoms with van der Waals surface area (Å²) in [7, 11) is 4.78. The second kappa shape index (κ2) is 6.93. The van der Waals surface area contributed by atoms with Crippen LogP contribution in [0.25, 0.3) is 0 Å². The summed E-state index contributed by atoms with van der Waals surface area (Å²) in [5, 5.41) is 9.45. The summed E-state index contributed by atoms with van der Waals surface area (Å²) in [4.78, 5) is 0. The molecule has 0 spiro atoms. The summed E-state index contributed by atoms with van der Waals surface area (Å²) in [6.45, 7) is 0. The summed E-state index contributed by atoms with van der Waals surface area (Å²) in [6.07, 6.45) is 1.59. The Bertz CT molecular complexity index is 630. The molecule has 0 atom stereocenters. The Labute approximate surface area is 130 Å². The van der Waals surface area contributed by atoms with E-state index in [1.807, 2.05) is 18.2 Å². The van der Waals surface area contributed by atoms with Crippen LogP contribution in [0.4, 0.5) is 5.69 Å². The zero-order chi connectivity index (χ0) is 16.1. The van der Waals surface area contributed by atoms with Gasteiger partial charge in [-0.3, -0.25) is 0 Å². The number of phenolic OH excluding ortho intramolecular Hbond substituents is 1. The molecule has 5 nitrogen and oxygen atoms in total. The lowest BCUT2D eigenvalue weighted by Gasteiger charge is -2.14. The average molecular weight is 303 g/mol. The normalized spacial score (nSPS) is 10.3. The van der Waals surface area contributed by atoms with E-state index in [4.69, 9.17) is 19.9 Å². The molecule has 0 bridgehead atoms. The number of nitrogen functional groups attached to an aromatic ring is 1. The molecule has 0 aromatic heterocycles. The molecule has 0 fully saturated rings. The van der Waals surface area contributed by atoms with Crippen molar-refractivity contribution in [2.45, 2.75) is 12.8 Å². The number of ether oxygens (including phenoxy) is 3. The van der Waals surface area contributed by atoms with E-state index >= 15 is 0 Å². The minimum atomic E-state index is 0.108. The fourth-order valence-corrected chi connectivity index (χ4v) is 2.33. The fraction of sp³-hybridized carbons (Fsp3) is 0.294. The topological polar surface area (TPSA) is 73.9 Å². The largest absolute Gasteiger partial charge is 0.506 e. The first-order valence-electron chi connectivity index (χ1n) is 6.95. The average Bonchev–Trinajstić information content (AvgIpc) is 2.54. The van der Waals surface area contributed by atoms with Crippen molar-refractivity contribution in [3.05, 3.63) is 41.5 Å². The lowest BCUT2D eigenvalue weighted by molar-refractivity contribution is 0.324. The predicted octanol–water partition coefficient (Wildman–Crippen LogP) is 2.79. The maximum Gasteiger partial charge on any atom is 0.203 e. The van der Waals surface area contributed by atoms with Crippen molar-refractivity contribution in [3.8, 4) is 23.0 Å². The molecular formula is C17H21NO4. The highest BCUT2D eigenvalue weighted by molar-refractivity contribution is 5.55. The molecule has 2 aromatic carbocycles. The van der Waals surface area contributed by atoms with Gasteiger partial charge >= 0.3 is 0 Å². The number of aryl methyl sites for hydroxylation is 2. The van der Waals surface area contributed by atoms with Crippen LogP contribution in [0.15, 0.2) is 30.3 Å². The van der Waals surface area contributed by atoms with Gasteiger partial charge in [-0.15, -0.1) is 0 Å². The smallest absolute Gasteiger partial charge is 0.203 e. The van der Waals surface area contributed by atoms with Gasteiger partial charge in [0.05, 0.1) is 27.0 Å². The summed E-state index contributed by atoms with van der Waals surface area (Å²) < 4.78 is 16.0. The number of rotatable bonds is 6. The number of hydrogen-bond donors (Lipinski definition) is 2. The molecule has 22 heavy (non-hydrogen) atoms. The lowest BCUT2D eigenvalue weighted by atomic mass is 10.0. The molecule has 0 aliphatic heterocycles. The first kappa shape index (κ1) is 15.8. The Morgan fingerprint density at radius 2 is 1.45 bits per heavy atom. The van der Waals surface area contributed by atoms with Gasteiger partial charge in [-0.05, 0) is 48.2 Å². The van der Waals surface area contributed by atoms with Crippen molar-refractivity contribution in [2.75, 3.05) is 27.1 Å². The van der Waals surface area contributed by atoms with Crippen molar-refractivity contribution >= 4 is 5.69 Å². The first-order valence-corrected chi connectivity index (χ1v) is 6.95. The van der Waals surface area contributed by atoms with Crippen LogP contribution in [-0.4, -0.2) is 26.4 Å². The fourth-order valence-electron chi connectivity index (χ4n) is 2.33. The van der Waals surface area contributed by atoms with Gasteiger partial charge in [-0.25, -0.2) is 0 Å². The van der Waals surface area contributed by atoms with Crippen molar-refractivity contribution in [1.82, 2.24) is 0 Å². The van der Waals surface area contributed by atoms with Crippen LogP contribution in [0.2, 0.25) is 0 Å². The Morgan fingerprint density at radius 3 is 1.95 bits per heavy atom. The minimum absolute atomic E-state index is 0.108. The Hall–Kier alpha value is -2.56. The molecule has 2 aromatic rings. The molecule has 0 heterocycles. The third kappa shape index (κ3) is 3.36. The van der Waals surface area contributed by atoms with Gasteiger partial charge in [0.15, 0.2) is 11.5 Å². The second-order valence-electron chi connectivity index (χ2n) is 4.93. The first-order chi connectivity index (χ1) is 10.6. The van der Waals surface area contributed by atoms with E-state index in [1.54, 1.807) is 33.5 Å². The molecule has 0 saturated heterocycles. The van der Waals surface area contributed by atoms with Gasteiger partial charge in [-0.1, -0.05) is 6.07 Å². The summed E-state index contributed by atoms with van der Waals surface area (Å²) >= 11 is 0. The third-order valence-corrected chi connectivity index (χ3v) is 3.52. The van der Waals surface area contributed by atoms with E-state index in [-0.39, 0.29) is 5.75 Å². The Balaban J connectivity index is 2.20. The molecule has 0 aliphatic rings. The van der Waals surface area contributed by atoms with Crippen molar-refractivity contribution < 1.29 is 19.3 Å². The van der Waals surface area contributed by atoms with Crippen molar-refractivity contribution in [3.63, 3.8) is 0 Å². The molecule has 118 valence electrons. The van der Waals surface area contributed by atoms with Crippen LogP contribution in [0.3, 0.4) is 0 Å². The maximum absolute atomic E-state index is 9.45. The highest BCUT2D eigenvalue weighted by Gasteiger charge is 2.13. The number of hydrogen-bond acceptors (Lipinski definition) is 5. The molecule has 0 amide bonds. The number of aromatic hydroxyl groups is 1. The highest BCUT2D eigenvalue weighted by atomic mass is 16.5. The molecule has 2 rings (SSSR count). The van der Waals surface area contributed by atoms with E-state index in [1.165, 1.54) is 0 Å². The van der Waals surface area contributed by atoms with Gasteiger partial charge in [0.2, 0.25) is 5.75 Å². The van der Waals surface area contributed by atoms with E-state index in [0.29, 0.717) is 22.9 Å². The number of benzene rings is 2. The van der Waals surface area contributed by atoms with Gasteiger partial charge in [-0.2, -0.15) is 0 Å². The van der Waals surface area contributed by atoms with Gasteiger partial charge in [0.1, 0.15) is 5.75 Å². The standard InChI is InChI=1S/C17H21NO4/c1-20-15-9-12(10-16(21-2)17(15)22-3)5-4-11-6-7-14(19)13(18)8-11/h6-10,19H,4-5,18H2,1-3H3. The highest BCUT2D eigenvalue weighted by Crippen LogP contribution is 2.38. The van der Waals surface area contributed by atoms with Gasteiger partial charge in [0.25, 0.3) is 0 Å². The second-order valence-corrected chi connectivity index (χ2v) is 4.93. The maximum atomic E-state index is 9.45. The van der Waals surface area contributed by atoms with Gasteiger partial charge < -0.3 is 25.1 Å². The zero-order valence-corrected chi connectivity index (χ0v) is 13.1. The van der Waals surface area contributed by atoms with Crippen LogP contribution < -0.4 is 19.9 Å². The molecule has 3 N–H and O–H groups in total. The van der Waals surface area contributed by atoms with Crippen LogP contribution in [-0.2, 0) is 12.8 Å². The number of phenols is 1. The monoisotopic (exact) mass is 303 g/mol. The molecule has 0 saturated carbocycles. The molecular weight excluding hydrogens is 282 g/mol. The minimum Gasteiger partial charge on any atom is -0.506 e. The van der Waals surface area contributed by atoms with E-state index in [0.717, 1.165) is 24.0 Å². The summed E-state index contributed by atoms with van der Waals surface area (Å²) in [5.74, 6) is 1.98. The Kier molecular flexibility index (Phi) is 4.99. The Morgan fingerprint density at radius 1 is 0.864 bits per heavy atom. The third-order valence-electron chi connectivity index (χ3n) is 3.52. The molecule has 5 heteroatoms. The zero-order valence-electron chi connectivity index (χ0n) is 13.1. The number of anilines is 1. The quantitative estimate of drug-likeness (QED) is 0.634. The van der Waals surface area contributed by atoms with E-state index < -0.39 is 0 Å². The SMILES string of the molecule is COc1cc(CCc2ccc(O)c(N)c2)cc(OC)c1OC. The lowest BCUT2D eigenvalue weighted by Crippen LogP contribution is -1.99. The van der Waals surface area contributed by atoms with Gasteiger partial charge in [0, 0.05) is 0 Å². The van der Waals surface area contributed by atoms with Crippen LogP contribution >= 0.6 is 0 Å². The molecule has 0 aliphatic carbocycles. The molecule has 0 radical (unpaired) electrons. The van der Waals surface area contributed by atoms with Crippen LogP contribution in [0.5, 0.6) is 23.0 Å². The molecule has 0 unspecified atom stereocenters. The van der Waals surface area contributed by atoms with Crippen LogP contribution in [0.1, 0.15) is 11.1 Å². The number of nitrogens with two attached hydrogens (primary N) is 1. The van der Waals surface area contributed by atoms with E-state index in [2.05, 4.69) is 0 Å².